The molecule has 0 aromatic carbocycles. The highest BCUT2D eigenvalue weighted by Crippen LogP contribution is 1.98. The van der Waals surface area contributed by atoms with Gasteiger partial charge < -0.3 is 9.96 Å². The number of nitrogens with two attached hydrogens (primary N) is 1. The molecule has 0 aliphatic heterocycles. The summed E-state index contributed by atoms with van der Waals surface area (Å²) in [4.78, 5) is 10.6. The standard InChI is InChI=1S/C7H18BNO2/c1-11-7(10)5-3-2-4-6-9-8/h2-6,9H2,1,8H3. The van der Waals surface area contributed by atoms with Crippen LogP contribution in [0.4, 0.5) is 0 Å². The summed E-state index contributed by atoms with van der Waals surface area (Å²) in [6, 6.07) is 0. The van der Waals surface area contributed by atoms with Gasteiger partial charge in [-0.15, -0.1) is 0 Å². The second kappa shape index (κ2) is 7.60. The van der Waals surface area contributed by atoms with Crippen molar-refractivity contribution in [1.29, 1.82) is 0 Å². The molecule has 0 bridgehead atoms. The minimum absolute atomic E-state index is 0.0765. The van der Waals surface area contributed by atoms with Crippen molar-refractivity contribution < 1.29 is 14.8 Å². The van der Waals surface area contributed by atoms with E-state index in [0.29, 0.717) is 14.4 Å². The van der Waals surface area contributed by atoms with Crippen LogP contribution < -0.4 is 5.23 Å². The molecule has 0 radical (unpaired) electrons. The Kier molecular flexibility index (Phi) is 7.25. The van der Waals surface area contributed by atoms with Crippen molar-refractivity contribution in [3.63, 3.8) is 0 Å². The second-order valence-electron chi connectivity index (χ2n) is 2.18. The first-order valence-corrected chi connectivity index (χ1v) is 3.58. The van der Waals surface area contributed by atoms with E-state index in [1.165, 1.54) is 20.1 Å². The maximum Gasteiger partial charge on any atom is 0.305 e. The van der Waals surface area contributed by atoms with Gasteiger partial charge in [0, 0.05) is 13.0 Å². The lowest BCUT2D eigenvalue weighted by Crippen LogP contribution is -2.81. The summed E-state index contributed by atoms with van der Waals surface area (Å²) in [5.41, 5.74) is 0. The van der Waals surface area contributed by atoms with Gasteiger partial charge in [0.05, 0.1) is 7.11 Å². The normalized spacial score (nSPS) is 9.64. The summed E-state index contributed by atoms with van der Waals surface area (Å²) in [7, 11) is 1.94. The van der Waals surface area contributed by atoms with Crippen LogP contribution >= 0.6 is 0 Å². The topological polar surface area (TPSA) is 42.9 Å². The molecule has 66 valence electrons. The van der Waals surface area contributed by atoms with E-state index in [1.807, 2.05) is 0 Å². The number of hydrogen-bond acceptors (Lipinski definition) is 2. The number of hydrogen-bond donors (Lipinski definition) is 1. The Morgan fingerprint density at radius 1 is 1.45 bits per heavy atom. The van der Waals surface area contributed by atoms with Crippen LogP contribution in [0.5, 0.6) is 0 Å². The Balaban J connectivity index is 2.95. The average Bonchev–Trinajstić information content (AvgIpc) is 2.04. The lowest BCUT2D eigenvalue weighted by Gasteiger charge is -2.00. The molecule has 0 spiro atoms. The van der Waals surface area contributed by atoms with Crippen LogP contribution in [0.25, 0.3) is 0 Å². The van der Waals surface area contributed by atoms with E-state index in [-0.39, 0.29) is 5.97 Å². The van der Waals surface area contributed by atoms with E-state index >= 15 is 0 Å². The van der Waals surface area contributed by atoms with Crippen LogP contribution in [-0.2, 0) is 9.53 Å². The number of ether oxygens (including phenoxy) is 1. The molecule has 0 saturated carbocycles. The van der Waals surface area contributed by atoms with Crippen molar-refractivity contribution in [3.05, 3.63) is 0 Å². The molecule has 0 aliphatic carbocycles. The summed E-state index contributed by atoms with van der Waals surface area (Å²) < 4.78 is 4.52. The molecular weight excluding hydrogens is 141 g/mol. The van der Waals surface area contributed by atoms with Crippen molar-refractivity contribution in [2.45, 2.75) is 25.7 Å². The first-order valence-electron chi connectivity index (χ1n) is 3.58. The van der Waals surface area contributed by atoms with Gasteiger partial charge in [0.1, 0.15) is 0 Å². The molecule has 0 saturated heterocycles. The van der Waals surface area contributed by atoms with Crippen LogP contribution in [0.2, 0.25) is 0 Å². The summed E-state index contributed by atoms with van der Waals surface area (Å²) in [5, 5.41) is 2.40. The maximum absolute atomic E-state index is 10.6. The van der Waals surface area contributed by atoms with Crippen LogP contribution in [0.1, 0.15) is 25.7 Å². The van der Waals surface area contributed by atoms with Crippen LogP contribution in [0.3, 0.4) is 0 Å². The fraction of sp³-hybridized carbons (Fsp3) is 0.857. The number of carbonyl (C=O) groups is 1. The number of quaternary nitrogens is 1. The molecule has 0 aromatic heterocycles. The Morgan fingerprint density at radius 3 is 2.73 bits per heavy atom. The minimum atomic E-state index is -0.0765. The Morgan fingerprint density at radius 2 is 2.18 bits per heavy atom. The molecule has 0 aliphatic rings. The highest BCUT2D eigenvalue weighted by molar-refractivity contribution is 5.93. The molecule has 2 N–H and O–H groups in total. The molecule has 11 heavy (non-hydrogen) atoms. The van der Waals surface area contributed by atoms with Crippen LogP contribution in [-0.4, -0.2) is 27.6 Å². The van der Waals surface area contributed by atoms with E-state index in [2.05, 4.69) is 9.96 Å². The van der Waals surface area contributed by atoms with Gasteiger partial charge in [-0.1, -0.05) is 0 Å². The molecule has 3 nitrogen and oxygen atoms in total. The molecule has 0 unspecified atom stereocenters. The van der Waals surface area contributed by atoms with Crippen molar-refractivity contribution in [3.8, 4) is 0 Å². The van der Waals surface area contributed by atoms with Crippen LogP contribution in [0.15, 0.2) is 0 Å². The van der Waals surface area contributed by atoms with Gasteiger partial charge in [-0.05, 0) is 19.3 Å². The third kappa shape index (κ3) is 7.39. The molecule has 0 fully saturated rings. The molecular formula is C7H18BNO2. The van der Waals surface area contributed by atoms with Gasteiger partial charge in [-0.3, -0.25) is 4.79 Å². The predicted molar refractivity (Wildman–Crippen MR) is 47.2 cm³/mol. The molecule has 0 heterocycles. The Hall–Kier alpha value is -0.505. The second-order valence-corrected chi connectivity index (χ2v) is 2.18. The van der Waals surface area contributed by atoms with Crippen molar-refractivity contribution in [2.24, 2.45) is 0 Å². The first kappa shape index (κ1) is 10.5. The highest BCUT2D eigenvalue weighted by atomic mass is 16.5. The third-order valence-electron chi connectivity index (χ3n) is 1.31. The Bertz CT molecular complexity index is 109. The SMILES string of the molecule is [BH3-][NH2+]CCCCCC(=O)OC. The van der Waals surface area contributed by atoms with Crippen LogP contribution in [0, 0.1) is 0 Å². The van der Waals surface area contributed by atoms with Crippen molar-refractivity contribution >= 4 is 14.0 Å². The van der Waals surface area contributed by atoms with E-state index in [4.69, 9.17) is 0 Å². The van der Waals surface area contributed by atoms with E-state index in [0.717, 1.165) is 12.8 Å². The van der Waals surface area contributed by atoms with Crippen molar-refractivity contribution in [2.75, 3.05) is 13.7 Å². The summed E-state index contributed by atoms with van der Waals surface area (Å²) >= 11 is 0. The molecule has 0 aromatic rings. The highest BCUT2D eigenvalue weighted by Gasteiger charge is 1.98. The zero-order valence-electron chi connectivity index (χ0n) is 6.43. The monoisotopic (exact) mass is 159 g/mol. The van der Waals surface area contributed by atoms with E-state index in [9.17, 15) is 4.79 Å². The van der Waals surface area contributed by atoms with Gasteiger partial charge in [0.15, 0.2) is 7.98 Å². The van der Waals surface area contributed by atoms with E-state index < -0.39 is 0 Å². The number of unbranched alkanes of at least 4 members (excludes halogenated alkanes) is 2. The lowest BCUT2D eigenvalue weighted by molar-refractivity contribution is -0.507. The smallest absolute Gasteiger partial charge is 0.305 e. The average molecular weight is 159 g/mol. The van der Waals surface area contributed by atoms with Gasteiger partial charge in [0.25, 0.3) is 0 Å². The largest absolute Gasteiger partial charge is 0.544 e. The lowest BCUT2D eigenvalue weighted by atomic mass is 10.2. The minimum Gasteiger partial charge on any atom is -0.544 e. The quantitative estimate of drug-likeness (QED) is 0.293. The fourth-order valence-electron chi connectivity index (χ4n) is 0.693. The first-order chi connectivity index (χ1) is 5.31. The number of methoxy groups -OCH3 is 1. The van der Waals surface area contributed by atoms with E-state index in [1.54, 1.807) is 0 Å². The van der Waals surface area contributed by atoms with Gasteiger partial charge in [-0.25, -0.2) is 0 Å². The summed E-state index contributed by atoms with van der Waals surface area (Å²) in [6.07, 6.45) is 3.99. The molecule has 0 amide bonds. The summed E-state index contributed by atoms with van der Waals surface area (Å²) in [6.45, 7) is 1.27. The molecule has 0 rings (SSSR count). The third-order valence-corrected chi connectivity index (χ3v) is 1.31. The number of esters is 1. The fourth-order valence-corrected chi connectivity index (χ4v) is 0.693. The molecule has 0 atom stereocenters. The van der Waals surface area contributed by atoms with Crippen molar-refractivity contribution in [1.82, 2.24) is 0 Å². The number of rotatable bonds is 6. The number of carbonyl (C=O) groups excluding carboxylic acids is 1. The Labute approximate surface area is 68.9 Å². The predicted octanol–water partition coefficient (Wildman–Crippen LogP) is -1.44. The van der Waals surface area contributed by atoms with Gasteiger partial charge in [0.2, 0.25) is 0 Å². The molecule has 4 heteroatoms. The zero-order chi connectivity index (χ0) is 8.53. The van der Waals surface area contributed by atoms with Gasteiger partial charge in [-0.2, -0.15) is 0 Å². The summed E-state index contributed by atoms with van der Waals surface area (Å²) in [5.74, 6) is -0.0765. The zero-order valence-corrected chi connectivity index (χ0v) is 6.43. The van der Waals surface area contributed by atoms with Gasteiger partial charge >= 0.3 is 5.97 Å². The maximum atomic E-state index is 10.6.